The van der Waals surface area contributed by atoms with Crippen LogP contribution >= 0.6 is 0 Å². The Morgan fingerprint density at radius 1 is 1.33 bits per heavy atom. The van der Waals surface area contributed by atoms with Crippen molar-refractivity contribution in [3.05, 3.63) is 53.5 Å². The van der Waals surface area contributed by atoms with Gasteiger partial charge < -0.3 is 14.3 Å². The molecule has 1 N–H and O–H groups in total. The van der Waals surface area contributed by atoms with Crippen LogP contribution in [0.15, 0.2) is 41.0 Å². The molecule has 0 aliphatic heterocycles. The van der Waals surface area contributed by atoms with Crippen molar-refractivity contribution in [1.82, 2.24) is 0 Å². The van der Waals surface area contributed by atoms with Crippen molar-refractivity contribution in [2.75, 3.05) is 7.11 Å². The van der Waals surface area contributed by atoms with E-state index >= 15 is 0 Å². The summed E-state index contributed by atoms with van der Waals surface area (Å²) in [6, 6.07) is 7.28. The lowest BCUT2D eigenvalue weighted by atomic mass is 9.85. The second-order valence-corrected chi connectivity index (χ2v) is 6.75. The number of carbonyl (C=O) groups is 1. The highest BCUT2D eigenvalue weighted by Crippen LogP contribution is 2.38. The van der Waals surface area contributed by atoms with Crippen molar-refractivity contribution in [3.63, 3.8) is 0 Å². The highest BCUT2D eigenvalue weighted by molar-refractivity contribution is 5.93. The number of phenols is 1. The summed E-state index contributed by atoms with van der Waals surface area (Å²) in [6.45, 7) is 6.05. The van der Waals surface area contributed by atoms with Gasteiger partial charge in [0.05, 0.1) is 13.4 Å². The first-order valence-electron chi connectivity index (χ1n) is 7.96. The molecule has 1 heterocycles. The normalized spacial score (nSPS) is 11.8. The maximum Gasteiger partial charge on any atom is 0.161 e. The molecule has 24 heavy (non-hydrogen) atoms. The van der Waals surface area contributed by atoms with Gasteiger partial charge in [0, 0.05) is 18.4 Å². The minimum absolute atomic E-state index is 0.0238. The number of carbonyl (C=O) groups excluding carboxylic acids is 1. The molecule has 1 aromatic heterocycles. The predicted octanol–water partition coefficient (Wildman–Crippen LogP) is 4.51. The number of hydrogen-bond acceptors (Lipinski definition) is 4. The summed E-state index contributed by atoms with van der Waals surface area (Å²) in [4.78, 5) is 12.0. The van der Waals surface area contributed by atoms with E-state index in [-0.39, 0.29) is 16.9 Å². The van der Waals surface area contributed by atoms with Crippen molar-refractivity contribution in [1.29, 1.82) is 0 Å². The van der Waals surface area contributed by atoms with Gasteiger partial charge in [-0.15, -0.1) is 0 Å². The van der Waals surface area contributed by atoms with Gasteiger partial charge in [-0.3, -0.25) is 4.79 Å². The number of hydrogen-bond donors (Lipinski definition) is 1. The van der Waals surface area contributed by atoms with E-state index in [0.717, 1.165) is 16.9 Å². The van der Waals surface area contributed by atoms with Crippen LogP contribution in [0.25, 0.3) is 6.08 Å². The van der Waals surface area contributed by atoms with Crippen LogP contribution < -0.4 is 4.74 Å². The maximum atomic E-state index is 12.0. The summed E-state index contributed by atoms with van der Waals surface area (Å²) in [5.41, 5.74) is 1.37. The molecule has 0 saturated heterocycles. The Morgan fingerprint density at radius 3 is 2.67 bits per heavy atom. The summed E-state index contributed by atoms with van der Waals surface area (Å²) in [5.74, 6) is 1.38. The van der Waals surface area contributed by atoms with E-state index in [0.29, 0.717) is 18.6 Å². The third kappa shape index (κ3) is 4.51. The van der Waals surface area contributed by atoms with Crippen LogP contribution in [0.1, 0.15) is 44.1 Å². The Balaban J connectivity index is 2.14. The molecule has 2 aromatic rings. The summed E-state index contributed by atoms with van der Waals surface area (Å²) >= 11 is 0. The minimum atomic E-state index is -0.232. The van der Waals surface area contributed by atoms with Crippen LogP contribution in [0, 0.1) is 0 Å². The third-order valence-electron chi connectivity index (χ3n) is 3.78. The van der Waals surface area contributed by atoms with E-state index in [2.05, 4.69) is 0 Å². The second-order valence-electron chi connectivity index (χ2n) is 6.75. The lowest BCUT2D eigenvalue weighted by Crippen LogP contribution is -2.12. The number of phenolic OH excluding ortho intramolecular Hbond substituents is 1. The van der Waals surface area contributed by atoms with E-state index in [4.69, 9.17) is 9.15 Å². The molecule has 0 aliphatic carbocycles. The number of furan rings is 1. The predicted molar refractivity (Wildman–Crippen MR) is 94.4 cm³/mol. The highest BCUT2D eigenvalue weighted by atomic mass is 16.5. The van der Waals surface area contributed by atoms with Crippen molar-refractivity contribution in [2.45, 2.75) is 39.0 Å². The van der Waals surface area contributed by atoms with Gasteiger partial charge in [-0.1, -0.05) is 26.8 Å². The lowest BCUT2D eigenvalue weighted by molar-refractivity contribution is -0.114. The number of methoxy groups -OCH3 is 1. The number of rotatable bonds is 6. The molecule has 0 atom stereocenters. The molecule has 0 fully saturated rings. The van der Waals surface area contributed by atoms with Crippen molar-refractivity contribution >= 4 is 11.9 Å². The van der Waals surface area contributed by atoms with Crippen LogP contribution in [0.2, 0.25) is 0 Å². The van der Waals surface area contributed by atoms with E-state index in [1.807, 2.05) is 39.0 Å². The molecular weight excluding hydrogens is 304 g/mol. The topological polar surface area (TPSA) is 59.7 Å². The average molecular weight is 328 g/mol. The van der Waals surface area contributed by atoms with Gasteiger partial charge >= 0.3 is 0 Å². The SMILES string of the molecule is COc1cc(C=CC(=O)CCc2ccco2)cc(C(C)(C)C)c1O. The molecule has 0 unspecified atom stereocenters. The first-order chi connectivity index (χ1) is 11.3. The number of ketones is 1. The monoisotopic (exact) mass is 328 g/mol. The summed E-state index contributed by atoms with van der Waals surface area (Å²) in [7, 11) is 1.52. The summed E-state index contributed by atoms with van der Waals surface area (Å²) in [6.07, 6.45) is 5.89. The van der Waals surface area contributed by atoms with Gasteiger partial charge in [0.1, 0.15) is 5.76 Å². The molecule has 0 radical (unpaired) electrons. The van der Waals surface area contributed by atoms with Gasteiger partial charge in [-0.25, -0.2) is 0 Å². The highest BCUT2D eigenvalue weighted by Gasteiger charge is 2.21. The zero-order valence-corrected chi connectivity index (χ0v) is 14.6. The number of aromatic hydroxyl groups is 1. The fourth-order valence-corrected chi connectivity index (χ4v) is 2.43. The fourth-order valence-electron chi connectivity index (χ4n) is 2.43. The number of aryl methyl sites for hydroxylation is 1. The third-order valence-corrected chi connectivity index (χ3v) is 3.78. The Kier molecular flexibility index (Phi) is 5.50. The molecule has 0 aliphatic rings. The number of benzene rings is 1. The molecule has 4 heteroatoms. The first kappa shape index (κ1) is 17.9. The van der Waals surface area contributed by atoms with Crippen molar-refractivity contribution in [2.24, 2.45) is 0 Å². The molecule has 0 saturated carbocycles. The Bertz CT molecular complexity index is 719. The molecule has 0 amide bonds. The van der Waals surface area contributed by atoms with Crippen molar-refractivity contribution in [3.8, 4) is 11.5 Å². The smallest absolute Gasteiger partial charge is 0.161 e. The van der Waals surface area contributed by atoms with Gasteiger partial charge in [-0.2, -0.15) is 0 Å². The Hall–Kier alpha value is -2.49. The molecule has 0 spiro atoms. The Labute approximate surface area is 142 Å². The van der Waals surface area contributed by atoms with Crippen LogP contribution in [-0.4, -0.2) is 18.0 Å². The van der Waals surface area contributed by atoms with E-state index in [1.165, 1.54) is 7.11 Å². The van der Waals surface area contributed by atoms with Gasteiger partial charge in [-0.05, 0) is 41.3 Å². The van der Waals surface area contributed by atoms with Gasteiger partial charge in [0.15, 0.2) is 17.3 Å². The summed E-state index contributed by atoms with van der Waals surface area (Å²) in [5, 5.41) is 10.3. The minimum Gasteiger partial charge on any atom is -0.504 e. The van der Waals surface area contributed by atoms with Crippen molar-refractivity contribution < 1.29 is 19.1 Å². The zero-order valence-electron chi connectivity index (χ0n) is 14.6. The van der Waals surface area contributed by atoms with Gasteiger partial charge in [0.2, 0.25) is 0 Å². The molecule has 128 valence electrons. The van der Waals surface area contributed by atoms with Crippen LogP contribution in [0.5, 0.6) is 11.5 Å². The van der Waals surface area contributed by atoms with Crippen LogP contribution in [0.3, 0.4) is 0 Å². The molecule has 0 bridgehead atoms. The quantitative estimate of drug-likeness (QED) is 0.793. The van der Waals surface area contributed by atoms with E-state index in [1.54, 1.807) is 24.5 Å². The largest absolute Gasteiger partial charge is 0.504 e. The Morgan fingerprint density at radius 2 is 2.08 bits per heavy atom. The summed E-state index contributed by atoms with van der Waals surface area (Å²) < 4.78 is 10.5. The molecule has 2 rings (SSSR count). The lowest BCUT2D eigenvalue weighted by Gasteiger charge is -2.22. The van der Waals surface area contributed by atoms with Crippen LogP contribution in [0.4, 0.5) is 0 Å². The molecular formula is C20H24O4. The van der Waals surface area contributed by atoms with Crippen LogP contribution in [-0.2, 0) is 16.6 Å². The van der Waals surface area contributed by atoms with Gasteiger partial charge in [0.25, 0.3) is 0 Å². The van der Waals surface area contributed by atoms with E-state index in [9.17, 15) is 9.90 Å². The standard InChI is InChI=1S/C20H24O4/c1-20(2,3)17-12-14(13-18(23-4)19(17)22)7-8-15(21)9-10-16-6-5-11-24-16/h5-8,11-13,22H,9-10H2,1-4H3. The maximum absolute atomic E-state index is 12.0. The average Bonchev–Trinajstić information content (AvgIpc) is 3.04. The fraction of sp³-hybridized carbons (Fsp3) is 0.350. The number of ether oxygens (including phenoxy) is 1. The second kappa shape index (κ2) is 7.39. The first-order valence-corrected chi connectivity index (χ1v) is 7.96. The number of allylic oxidation sites excluding steroid dienone is 1. The zero-order chi connectivity index (χ0) is 17.7. The molecule has 1 aromatic carbocycles. The van der Waals surface area contributed by atoms with E-state index < -0.39 is 0 Å². The molecule has 4 nitrogen and oxygen atoms in total.